The molecular formula is C15H19F3N2O3S. The van der Waals surface area contributed by atoms with Crippen molar-refractivity contribution in [1.29, 1.82) is 0 Å². The molecule has 134 valence electrons. The minimum atomic E-state index is -4.48. The normalized spacial score (nSPS) is 16.8. The van der Waals surface area contributed by atoms with Crippen LogP contribution >= 0.6 is 11.8 Å². The maximum atomic E-state index is 13.2. The van der Waals surface area contributed by atoms with E-state index in [-0.39, 0.29) is 17.5 Å². The number of morpholine rings is 1. The van der Waals surface area contributed by atoms with Crippen LogP contribution in [0.1, 0.15) is 19.4 Å². The third-order valence-corrected chi connectivity index (χ3v) is 4.36. The number of pyridine rings is 1. The van der Waals surface area contributed by atoms with E-state index < -0.39 is 23.0 Å². The minimum Gasteiger partial charge on any atom is -0.465 e. The standard InChI is InChI=1S/C15H19F3N2O3S/c1-3-23-14(21)10(2)24-13-9-11(15(16,17)18)8-12(19-13)20-4-6-22-7-5-20/h8-10H,3-7H2,1-2H3/t10-/m1/s1. The Morgan fingerprint density at radius 3 is 2.67 bits per heavy atom. The summed E-state index contributed by atoms with van der Waals surface area (Å²) < 4.78 is 49.6. The summed E-state index contributed by atoms with van der Waals surface area (Å²) in [4.78, 5) is 17.7. The van der Waals surface area contributed by atoms with Gasteiger partial charge in [0.2, 0.25) is 0 Å². The van der Waals surface area contributed by atoms with Crippen LogP contribution in [0.15, 0.2) is 17.2 Å². The largest absolute Gasteiger partial charge is 0.465 e. The van der Waals surface area contributed by atoms with Gasteiger partial charge in [0.05, 0.1) is 30.4 Å². The molecule has 0 radical (unpaired) electrons. The van der Waals surface area contributed by atoms with E-state index in [4.69, 9.17) is 9.47 Å². The van der Waals surface area contributed by atoms with Crippen molar-refractivity contribution >= 4 is 23.5 Å². The molecule has 0 spiro atoms. The molecule has 1 aliphatic rings. The summed E-state index contributed by atoms with van der Waals surface area (Å²) in [5, 5.41) is -0.495. The number of thioether (sulfide) groups is 1. The second-order valence-electron chi connectivity index (χ2n) is 5.16. The Labute approximate surface area is 142 Å². The Morgan fingerprint density at radius 1 is 1.42 bits per heavy atom. The Hall–Kier alpha value is -1.48. The molecule has 0 saturated carbocycles. The van der Waals surface area contributed by atoms with Crippen LogP contribution in [-0.4, -0.2) is 49.1 Å². The number of hydrogen-bond donors (Lipinski definition) is 0. The fourth-order valence-electron chi connectivity index (χ4n) is 2.16. The lowest BCUT2D eigenvalue weighted by atomic mass is 10.2. The molecule has 9 heteroatoms. The monoisotopic (exact) mass is 364 g/mol. The van der Waals surface area contributed by atoms with Gasteiger partial charge in [0, 0.05) is 13.1 Å². The molecule has 5 nitrogen and oxygen atoms in total. The topological polar surface area (TPSA) is 51.7 Å². The lowest BCUT2D eigenvalue weighted by Crippen LogP contribution is -2.37. The van der Waals surface area contributed by atoms with E-state index in [0.29, 0.717) is 26.3 Å². The van der Waals surface area contributed by atoms with Gasteiger partial charge >= 0.3 is 12.1 Å². The van der Waals surface area contributed by atoms with E-state index in [1.165, 1.54) is 0 Å². The van der Waals surface area contributed by atoms with E-state index in [9.17, 15) is 18.0 Å². The van der Waals surface area contributed by atoms with Gasteiger partial charge in [0.25, 0.3) is 0 Å². The van der Waals surface area contributed by atoms with Gasteiger partial charge < -0.3 is 14.4 Å². The number of nitrogens with zero attached hydrogens (tertiary/aromatic N) is 2. The third-order valence-electron chi connectivity index (χ3n) is 3.37. The summed E-state index contributed by atoms with van der Waals surface area (Å²) in [6, 6.07) is 1.99. The Balaban J connectivity index is 2.27. The number of alkyl halides is 3. The number of carbonyl (C=O) groups excluding carboxylic acids is 1. The van der Waals surface area contributed by atoms with Crippen LogP contribution in [0.25, 0.3) is 0 Å². The van der Waals surface area contributed by atoms with Gasteiger partial charge in [-0.15, -0.1) is 0 Å². The number of ether oxygens (including phenoxy) is 2. The van der Waals surface area contributed by atoms with Gasteiger partial charge in [-0.05, 0) is 26.0 Å². The first-order valence-electron chi connectivity index (χ1n) is 7.56. The van der Waals surface area contributed by atoms with Crippen LogP contribution in [0.4, 0.5) is 19.0 Å². The van der Waals surface area contributed by atoms with Crippen molar-refractivity contribution in [1.82, 2.24) is 4.98 Å². The summed E-state index contributed by atoms with van der Waals surface area (Å²) in [6.07, 6.45) is -4.48. The van der Waals surface area contributed by atoms with Crippen molar-refractivity contribution in [3.63, 3.8) is 0 Å². The molecule has 0 aliphatic carbocycles. The van der Waals surface area contributed by atoms with Crippen LogP contribution in [0.2, 0.25) is 0 Å². The van der Waals surface area contributed by atoms with E-state index in [0.717, 1.165) is 23.9 Å². The molecule has 0 N–H and O–H groups in total. The van der Waals surface area contributed by atoms with Crippen molar-refractivity contribution in [3.8, 4) is 0 Å². The van der Waals surface area contributed by atoms with Crippen LogP contribution in [0.3, 0.4) is 0 Å². The minimum absolute atomic E-state index is 0.145. The lowest BCUT2D eigenvalue weighted by molar-refractivity contribution is -0.142. The van der Waals surface area contributed by atoms with Crippen LogP contribution in [0.5, 0.6) is 0 Å². The molecular weight excluding hydrogens is 345 g/mol. The highest BCUT2D eigenvalue weighted by atomic mass is 32.2. The predicted octanol–water partition coefficient (Wildman–Crippen LogP) is 2.98. The first-order chi connectivity index (χ1) is 11.3. The molecule has 1 aliphatic heterocycles. The van der Waals surface area contributed by atoms with Gasteiger partial charge in [0.1, 0.15) is 11.1 Å². The van der Waals surface area contributed by atoms with E-state index in [1.54, 1.807) is 18.7 Å². The maximum absolute atomic E-state index is 13.2. The van der Waals surface area contributed by atoms with E-state index >= 15 is 0 Å². The zero-order valence-corrected chi connectivity index (χ0v) is 14.2. The maximum Gasteiger partial charge on any atom is 0.416 e. The summed E-state index contributed by atoms with van der Waals surface area (Å²) in [5.74, 6) is -0.235. The number of rotatable bonds is 5. The first-order valence-corrected chi connectivity index (χ1v) is 8.44. The summed E-state index contributed by atoms with van der Waals surface area (Å²) >= 11 is 0.956. The molecule has 0 aromatic carbocycles. The Bertz CT molecular complexity index is 578. The second-order valence-corrected chi connectivity index (χ2v) is 6.52. The molecule has 0 amide bonds. The molecule has 2 heterocycles. The number of hydrogen-bond acceptors (Lipinski definition) is 6. The van der Waals surface area contributed by atoms with Crippen LogP contribution in [-0.2, 0) is 20.4 Å². The number of carbonyl (C=O) groups is 1. The number of aromatic nitrogens is 1. The number of halogens is 3. The Morgan fingerprint density at radius 2 is 2.08 bits per heavy atom. The summed E-state index contributed by atoms with van der Waals surface area (Å²) in [6.45, 7) is 5.32. The third kappa shape index (κ3) is 5.01. The lowest BCUT2D eigenvalue weighted by Gasteiger charge is -2.28. The van der Waals surface area contributed by atoms with E-state index in [2.05, 4.69) is 4.98 Å². The molecule has 0 bridgehead atoms. The highest BCUT2D eigenvalue weighted by Gasteiger charge is 2.33. The van der Waals surface area contributed by atoms with Crippen molar-refractivity contribution in [3.05, 3.63) is 17.7 Å². The highest BCUT2D eigenvalue weighted by Crippen LogP contribution is 2.35. The second kappa shape index (κ2) is 8.06. The zero-order chi connectivity index (χ0) is 17.7. The predicted molar refractivity (Wildman–Crippen MR) is 84.2 cm³/mol. The average Bonchev–Trinajstić information content (AvgIpc) is 2.54. The smallest absolute Gasteiger partial charge is 0.416 e. The average molecular weight is 364 g/mol. The van der Waals surface area contributed by atoms with Crippen molar-refractivity contribution in [2.75, 3.05) is 37.8 Å². The van der Waals surface area contributed by atoms with Crippen molar-refractivity contribution in [2.24, 2.45) is 0 Å². The molecule has 1 aromatic rings. The van der Waals surface area contributed by atoms with Crippen LogP contribution < -0.4 is 4.90 Å². The number of anilines is 1. The highest BCUT2D eigenvalue weighted by molar-refractivity contribution is 8.00. The van der Waals surface area contributed by atoms with Crippen molar-refractivity contribution in [2.45, 2.75) is 30.3 Å². The Kier molecular flexibility index (Phi) is 6.34. The fourth-order valence-corrected chi connectivity index (χ4v) is 3.03. The van der Waals surface area contributed by atoms with Gasteiger partial charge in [0.15, 0.2) is 0 Å². The molecule has 1 fully saturated rings. The molecule has 0 unspecified atom stereocenters. The van der Waals surface area contributed by atoms with Crippen molar-refractivity contribution < 1.29 is 27.4 Å². The van der Waals surface area contributed by atoms with Crippen LogP contribution in [0, 0.1) is 0 Å². The SMILES string of the molecule is CCOC(=O)[C@@H](C)Sc1cc(C(F)(F)F)cc(N2CCOCC2)n1. The number of esters is 1. The molecule has 1 atom stereocenters. The summed E-state index contributed by atoms with van der Waals surface area (Å²) in [5.41, 5.74) is -0.780. The molecule has 24 heavy (non-hydrogen) atoms. The summed E-state index contributed by atoms with van der Waals surface area (Å²) in [7, 11) is 0. The van der Waals surface area contributed by atoms with E-state index in [1.807, 2.05) is 0 Å². The zero-order valence-electron chi connectivity index (χ0n) is 13.4. The molecule has 2 rings (SSSR count). The van der Waals surface area contributed by atoms with Gasteiger partial charge in [-0.3, -0.25) is 4.79 Å². The van der Waals surface area contributed by atoms with Gasteiger partial charge in [-0.25, -0.2) is 4.98 Å². The first kappa shape index (κ1) is 18.9. The fraction of sp³-hybridized carbons (Fsp3) is 0.600. The van der Waals surface area contributed by atoms with Gasteiger partial charge in [-0.1, -0.05) is 11.8 Å². The molecule has 1 saturated heterocycles. The van der Waals surface area contributed by atoms with Gasteiger partial charge in [-0.2, -0.15) is 13.2 Å². The molecule has 1 aromatic heterocycles. The quantitative estimate of drug-likeness (QED) is 0.591.